The minimum absolute atomic E-state index is 0.403. The van der Waals surface area contributed by atoms with Gasteiger partial charge in [-0.2, -0.15) is 0 Å². The second-order valence-corrected chi connectivity index (χ2v) is 5.32. The predicted octanol–water partition coefficient (Wildman–Crippen LogP) is 2.05. The van der Waals surface area contributed by atoms with E-state index in [9.17, 15) is 8.76 Å². The summed E-state index contributed by atoms with van der Waals surface area (Å²) in [5.74, 6) is 2.64. The maximum Gasteiger partial charge on any atom is 0.0458 e. The number of rotatable bonds is 7. The van der Waals surface area contributed by atoms with Gasteiger partial charge in [-0.1, -0.05) is 18.2 Å². The lowest BCUT2D eigenvalue weighted by molar-refractivity contribution is 0.523. The Balaban J connectivity index is 2.20. The number of hydrogen-bond donors (Lipinski definition) is 2. The molecule has 1 aromatic carbocycles. The van der Waals surface area contributed by atoms with Crippen LogP contribution >= 0.6 is 0 Å². The first-order chi connectivity index (χ1) is 9.72. The van der Waals surface area contributed by atoms with Crippen LogP contribution < -0.4 is 4.72 Å². The lowest BCUT2D eigenvalue weighted by Crippen LogP contribution is -2.19. The predicted molar refractivity (Wildman–Crippen MR) is 80.7 cm³/mol. The zero-order valence-corrected chi connectivity index (χ0v) is 12.0. The van der Waals surface area contributed by atoms with Crippen molar-refractivity contribution in [2.24, 2.45) is 0 Å². The number of aryl methyl sites for hydroxylation is 1. The summed E-state index contributed by atoms with van der Waals surface area (Å²) < 4.78 is 23.5. The van der Waals surface area contributed by atoms with Crippen molar-refractivity contribution in [3.63, 3.8) is 0 Å². The highest BCUT2D eigenvalue weighted by Gasteiger charge is 2.10. The molecule has 0 spiro atoms. The Kier molecular flexibility index (Phi) is 5.36. The summed E-state index contributed by atoms with van der Waals surface area (Å²) in [6.07, 6.45) is 8.51. The monoisotopic (exact) mass is 289 g/mol. The SMILES string of the molecule is C#CCCCc1[nH]c2ccccc2c1CCNS(=O)[O-]. The summed E-state index contributed by atoms with van der Waals surface area (Å²) in [7, 11) is 0. The molecule has 0 aliphatic rings. The van der Waals surface area contributed by atoms with E-state index in [-0.39, 0.29) is 0 Å². The lowest BCUT2D eigenvalue weighted by Gasteiger charge is -2.08. The number of fused-ring (bicyclic) bond motifs is 1. The molecule has 4 nitrogen and oxygen atoms in total. The van der Waals surface area contributed by atoms with Gasteiger partial charge >= 0.3 is 0 Å². The van der Waals surface area contributed by atoms with Crippen molar-refractivity contribution in [1.82, 2.24) is 9.71 Å². The van der Waals surface area contributed by atoms with Gasteiger partial charge in [0, 0.05) is 40.8 Å². The second kappa shape index (κ2) is 7.25. The van der Waals surface area contributed by atoms with E-state index in [4.69, 9.17) is 6.42 Å². The smallest absolute Gasteiger partial charge is 0.0458 e. The molecule has 0 aliphatic heterocycles. The molecule has 0 fully saturated rings. The quantitative estimate of drug-likeness (QED) is 0.465. The van der Waals surface area contributed by atoms with Crippen LogP contribution in [0.4, 0.5) is 0 Å². The zero-order chi connectivity index (χ0) is 14.4. The van der Waals surface area contributed by atoms with Gasteiger partial charge in [-0.05, 0) is 30.9 Å². The first-order valence-corrected chi connectivity index (χ1v) is 7.64. The first-order valence-electron chi connectivity index (χ1n) is 6.57. The molecule has 1 atom stereocenters. The second-order valence-electron chi connectivity index (χ2n) is 4.56. The van der Waals surface area contributed by atoms with Gasteiger partial charge in [0.05, 0.1) is 0 Å². The molecule has 1 heterocycles. The van der Waals surface area contributed by atoms with Gasteiger partial charge in [-0.15, -0.1) is 12.3 Å². The van der Waals surface area contributed by atoms with E-state index >= 15 is 0 Å². The van der Waals surface area contributed by atoms with Crippen LogP contribution in [0, 0.1) is 12.3 Å². The zero-order valence-electron chi connectivity index (χ0n) is 11.1. The Morgan fingerprint density at radius 1 is 1.35 bits per heavy atom. The van der Waals surface area contributed by atoms with Crippen molar-refractivity contribution < 1.29 is 8.76 Å². The molecule has 0 saturated heterocycles. The van der Waals surface area contributed by atoms with Crippen LogP contribution in [0.15, 0.2) is 24.3 Å². The summed E-state index contributed by atoms with van der Waals surface area (Å²) in [5, 5.41) is 1.15. The van der Waals surface area contributed by atoms with E-state index in [1.54, 1.807) is 0 Å². The summed E-state index contributed by atoms with van der Waals surface area (Å²) in [6, 6.07) is 8.06. The molecule has 2 aromatic rings. The summed E-state index contributed by atoms with van der Waals surface area (Å²) >= 11 is -2.21. The molecular formula is C15H17N2O2S-. The Morgan fingerprint density at radius 3 is 2.90 bits per heavy atom. The van der Waals surface area contributed by atoms with Crippen LogP contribution in [-0.2, 0) is 24.1 Å². The third kappa shape index (κ3) is 3.70. The van der Waals surface area contributed by atoms with Crippen molar-refractivity contribution in [2.45, 2.75) is 25.7 Å². The fourth-order valence-corrected chi connectivity index (χ4v) is 2.65. The van der Waals surface area contributed by atoms with Crippen molar-refractivity contribution in [3.8, 4) is 12.3 Å². The number of unbranched alkanes of at least 4 members (excludes halogenated alkanes) is 1. The highest BCUT2D eigenvalue weighted by molar-refractivity contribution is 7.77. The highest BCUT2D eigenvalue weighted by Crippen LogP contribution is 2.24. The minimum Gasteiger partial charge on any atom is -0.760 e. The van der Waals surface area contributed by atoms with E-state index in [2.05, 4.69) is 21.7 Å². The number of aromatic amines is 1. The molecule has 0 radical (unpaired) electrons. The van der Waals surface area contributed by atoms with Crippen LogP contribution in [0.1, 0.15) is 24.1 Å². The van der Waals surface area contributed by atoms with Crippen LogP contribution in [-0.4, -0.2) is 20.3 Å². The molecule has 0 aliphatic carbocycles. The Bertz CT molecular complexity index is 643. The maximum atomic E-state index is 10.5. The van der Waals surface area contributed by atoms with Crippen molar-refractivity contribution >= 4 is 22.2 Å². The van der Waals surface area contributed by atoms with Crippen LogP contribution in [0.25, 0.3) is 10.9 Å². The van der Waals surface area contributed by atoms with Crippen LogP contribution in [0.5, 0.6) is 0 Å². The number of para-hydroxylation sites is 1. The average Bonchev–Trinajstić information content (AvgIpc) is 2.77. The normalized spacial score (nSPS) is 12.4. The van der Waals surface area contributed by atoms with Gasteiger partial charge in [0.2, 0.25) is 0 Å². The number of terminal acetylenes is 1. The van der Waals surface area contributed by atoms with Crippen molar-refractivity contribution in [2.75, 3.05) is 6.54 Å². The molecule has 20 heavy (non-hydrogen) atoms. The molecule has 0 amide bonds. The Labute approximate surface area is 121 Å². The molecule has 1 unspecified atom stereocenters. The third-order valence-corrected chi connectivity index (χ3v) is 3.68. The Morgan fingerprint density at radius 2 is 2.15 bits per heavy atom. The molecule has 0 saturated carbocycles. The van der Waals surface area contributed by atoms with E-state index in [1.807, 2.05) is 18.2 Å². The van der Waals surface area contributed by atoms with Crippen molar-refractivity contribution in [1.29, 1.82) is 0 Å². The average molecular weight is 289 g/mol. The topological polar surface area (TPSA) is 68.0 Å². The van der Waals surface area contributed by atoms with Gasteiger partial charge in [-0.3, -0.25) is 4.21 Å². The summed E-state index contributed by atoms with van der Waals surface area (Å²) in [4.78, 5) is 3.41. The molecule has 106 valence electrons. The number of nitrogens with one attached hydrogen (secondary N) is 2. The van der Waals surface area contributed by atoms with E-state index in [0.717, 1.165) is 35.9 Å². The Hall–Kier alpha value is -1.61. The van der Waals surface area contributed by atoms with Gasteiger partial charge in [0.1, 0.15) is 0 Å². The van der Waals surface area contributed by atoms with E-state index < -0.39 is 11.3 Å². The fraction of sp³-hybridized carbons (Fsp3) is 0.333. The standard InChI is InChI=1S/C15H18N2O2S/c1-2-3-4-8-15-13(10-11-16-20(18)19)12-7-5-6-9-14(12)17-15/h1,5-7,9,16-17H,3-4,8,10-11H2,(H,18,19)/p-1. The molecule has 2 rings (SSSR count). The van der Waals surface area contributed by atoms with Gasteiger partial charge < -0.3 is 9.54 Å². The van der Waals surface area contributed by atoms with Gasteiger partial charge in [0.25, 0.3) is 0 Å². The fourth-order valence-electron chi connectivity index (χ4n) is 2.38. The number of H-pyrrole nitrogens is 1. The molecule has 0 bridgehead atoms. The first kappa shape index (κ1) is 14.8. The van der Waals surface area contributed by atoms with E-state index in [0.29, 0.717) is 13.0 Å². The molecule has 5 heteroatoms. The van der Waals surface area contributed by atoms with Crippen molar-refractivity contribution in [3.05, 3.63) is 35.5 Å². The lowest BCUT2D eigenvalue weighted by atomic mass is 10.0. The highest BCUT2D eigenvalue weighted by atomic mass is 32.2. The minimum atomic E-state index is -2.21. The third-order valence-electron chi connectivity index (χ3n) is 3.24. The largest absolute Gasteiger partial charge is 0.760 e. The van der Waals surface area contributed by atoms with Crippen LogP contribution in [0.3, 0.4) is 0 Å². The van der Waals surface area contributed by atoms with Gasteiger partial charge in [0.15, 0.2) is 0 Å². The molecule has 2 N–H and O–H groups in total. The number of hydrogen-bond acceptors (Lipinski definition) is 2. The number of aromatic nitrogens is 1. The maximum absolute atomic E-state index is 10.5. The number of benzene rings is 1. The molecular weight excluding hydrogens is 272 g/mol. The summed E-state index contributed by atoms with van der Waals surface area (Å²) in [6.45, 7) is 0.403. The van der Waals surface area contributed by atoms with E-state index in [1.165, 1.54) is 5.56 Å². The van der Waals surface area contributed by atoms with Crippen LogP contribution in [0.2, 0.25) is 0 Å². The van der Waals surface area contributed by atoms with Gasteiger partial charge in [-0.25, -0.2) is 4.72 Å². The summed E-state index contributed by atoms with van der Waals surface area (Å²) in [5.41, 5.74) is 3.41. The molecule has 1 aromatic heterocycles.